The van der Waals surface area contributed by atoms with Gasteiger partial charge in [-0.3, -0.25) is 4.79 Å². The average molecular weight is 328 g/mol. The smallest absolute Gasteiger partial charge is 0.255 e. The van der Waals surface area contributed by atoms with E-state index in [1.807, 2.05) is 0 Å². The maximum Gasteiger partial charge on any atom is 0.255 e. The molecule has 0 saturated carbocycles. The lowest BCUT2D eigenvalue weighted by Gasteiger charge is -2.21. The van der Waals surface area contributed by atoms with E-state index in [4.69, 9.17) is 17.3 Å². The van der Waals surface area contributed by atoms with E-state index in [2.05, 4.69) is 4.98 Å². The number of hydrogen-bond acceptors (Lipinski definition) is 4. The molecule has 1 aliphatic heterocycles. The van der Waals surface area contributed by atoms with Crippen LogP contribution in [0, 0.1) is 0 Å². The van der Waals surface area contributed by atoms with Crippen molar-refractivity contribution in [2.75, 3.05) is 6.54 Å². The number of nitrogens with two attached hydrogens (primary N) is 1. The molecule has 1 aromatic heterocycles. The van der Waals surface area contributed by atoms with Crippen LogP contribution >= 0.6 is 11.6 Å². The van der Waals surface area contributed by atoms with Gasteiger partial charge < -0.3 is 10.7 Å². The molecule has 1 aliphatic rings. The van der Waals surface area contributed by atoms with Crippen LogP contribution in [0.1, 0.15) is 12.8 Å². The largest absolute Gasteiger partial charge is 0.327 e. The van der Waals surface area contributed by atoms with Crippen LogP contribution in [-0.2, 0) is 10.0 Å². The lowest BCUT2D eigenvalue weighted by atomic mass is 10.2. The number of H-pyrrole nitrogens is 1. The molecule has 1 unspecified atom stereocenters. The van der Waals surface area contributed by atoms with Crippen LogP contribution in [0.25, 0.3) is 10.8 Å². The normalized spacial score (nSPS) is 20.2. The molecule has 1 atom stereocenters. The zero-order chi connectivity index (χ0) is 15.2. The molecule has 1 fully saturated rings. The molecule has 2 heterocycles. The summed E-state index contributed by atoms with van der Waals surface area (Å²) < 4.78 is 26.9. The number of aromatic amines is 1. The third kappa shape index (κ3) is 2.26. The summed E-state index contributed by atoms with van der Waals surface area (Å²) in [5.74, 6) is 0. The Kier molecular flexibility index (Phi) is 3.53. The van der Waals surface area contributed by atoms with E-state index in [1.165, 1.54) is 22.6 Å². The Balaban J connectivity index is 2.31. The molecule has 6 nitrogen and oxygen atoms in total. The zero-order valence-corrected chi connectivity index (χ0v) is 12.6. The van der Waals surface area contributed by atoms with Gasteiger partial charge in [0, 0.05) is 23.5 Å². The highest BCUT2D eigenvalue weighted by Gasteiger charge is 2.34. The second kappa shape index (κ2) is 5.10. The molecule has 0 amide bonds. The third-order valence-corrected chi connectivity index (χ3v) is 5.94. The second-order valence-electron chi connectivity index (χ2n) is 4.97. The van der Waals surface area contributed by atoms with Gasteiger partial charge in [-0.15, -0.1) is 0 Å². The molecule has 0 radical (unpaired) electrons. The second-order valence-corrected chi connectivity index (χ2v) is 7.24. The fraction of sp³-hybridized carbons (Fsp3) is 0.308. The van der Waals surface area contributed by atoms with Crippen molar-refractivity contribution < 1.29 is 8.42 Å². The molecule has 0 spiro atoms. The van der Waals surface area contributed by atoms with E-state index in [-0.39, 0.29) is 26.2 Å². The van der Waals surface area contributed by atoms with Gasteiger partial charge in [-0.1, -0.05) is 17.7 Å². The Hall–Kier alpha value is -1.41. The predicted octanol–water partition coefficient (Wildman–Crippen LogP) is 1.25. The number of aromatic nitrogens is 1. The van der Waals surface area contributed by atoms with Crippen molar-refractivity contribution in [3.05, 3.63) is 39.8 Å². The molecule has 8 heteroatoms. The number of halogens is 1. The predicted molar refractivity (Wildman–Crippen MR) is 80.7 cm³/mol. The van der Waals surface area contributed by atoms with Crippen molar-refractivity contribution in [3.63, 3.8) is 0 Å². The maximum atomic E-state index is 12.8. The van der Waals surface area contributed by atoms with Gasteiger partial charge in [0.1, 0.15) is 0 Å². The maximum absolute atomic E-state index is 12.8. The lowest BCUT2D eigenvalue weighted by Crippen LogP contribution is -2.41. The van der Waals surface area contributed by atoms with Crippen LogP contribution in [0.4, 0.5) is 0 Å². The fourth-order valence-electron chi connectivity index (χ4n) is 2.65. The summed E-state index contributed by atoms with van der Waals surface area (Å²) >= 11 is 6.10. The van der Waals surface area contributed by atoms with Crippen LogP contribution in [0.15, 0.2) is 34.1 Å². The van der Waals surface area contributed by atoms with Gasteiger partial charge in [-0.2, -0.15) is 4.31 Å². The Morgan fingerprint density at radius 3 is 2.81 bits per heavy atom. The minimum atomic E-state index is -3.78. The van der Waals surface area contributed by atoms with E-state index >= 15 is 0 Å². The number of rotatable bonds is 2. The Bertz CT molecular complexity index is 863. The number of pyridine rings is 1. The number of sulfonamides is 1. The average Bonchev–Trinajstić information content (AvgIpc) is 2.89. The standard InChI is InChI=1S/C13H14ClN3O3S/c14-9-7-16-13(18)8-3-1-4-10(12(8)9)21(19,20)17-6-2-5-11(17)15/h1,3-4,7,11H,2,5-6,15H2,(H,16,18). The quantitative estimate of drug-likeness (QED) is 0.867. The van der Waals surface area contributed by atoms with Crippen LogP contribution in [0.5, 0.6) is 0 Å². The first-order valence-corrected chi connectivity index (χ1v) is 8.32. The molecule has 0 aliphatic carbocycles. The summed E-state index contributed by atoms with van der Waals surface area (Å²) in [5, 5.41) is 0.676. The van der Waals surface area contributed by atoms with Crippen LogP contribution < -0.4 is 11.3 Å². The number of nitrogens with one attached hydrogen (secondary N) is 1. The monoisotopic (exact) mass is 327 g/mol. The third-order valence-electron chi connectivity index (χ3n) is 3.67. The first-order chi connectivity index (χ1) is 9.93. The SMILES string of the molecule is NC1CCCN1S(=O)(=O)c1cccc2c(=O)[nH]cc(Cl)c12. The van der Waals surface area contributed by atoms with Crippen LogP contribution in [0.3, 0.4) is 0 Å². The molecule has 21 heavy (non-hydrogen) atoms. The first kappa shape index (κ1) is 14.5. The number of fused-ring (bicyclic) bond motifs is 1. The van der Waals surface area contributed by atoms with E-state index in [1.54, 1.807) is 6.07 Å². The van der Waals surface area contributed by atoms with Crippen molar-refractivity contribution in [2.24, 2.45) is 5.73 Å². The van der Waals surface area contributed by atoms with E-state index < -0.39 is 16.2 Å². The van der Waals surface area contributed by atoms with Gasteiger partial charge in [0.25, 0.3) is 5.56 Å². The molecule has 2 aromatic rings. The molecular formula is C13H14ClN3O3S. The highest BCUT2D eigenvalue weighted by atomic mass is 35.5. The van der Waals surface area contributed by atoms with Gasteiger partial charge >= 0.3 is 0 Å². The molecule has 112 valence electrons. The van der Waals surface area contributed by atoms with Gasteiger partial charge in [0.2, 0.25) is 10.0 Å². The van der Waals surface area contributed by atoms with Gasteiger partial charge in [0.15, 0.2) is 0 Å². The fourth-order valence-corrected chi connectivity index (χ4v) is 4.78. The molecular weight excluding hydrogens is 314 g/mol. The Morgan fingerprint density at radius 1 is 1.38 bits per heavy atom. The summed E-state index contributed by atoms with van der Waals surface area (Å²) in [6.07, 6.45) is 2.11. The molecule has 1 saturated heterocycles. The van der Waals surface area contributed by atoms with Crippen LogP contribution in [-0.4, -0.2) is 30.4 Å². The Labute approximate surface area is 126 Å². The van der Waals surface area contributed by atoms with Gasteiger partial charge in [0.05, 0.1) is 16.1 Å². The lowest BCUT2D eigenvalue weighted by molar-refractivity contribution is 0.396. The van der Waals surface area contributed by atoms with Crippen molar-refractivity contribution >= 4 is 32.4 Å². The summed E-state index contributed by atoms with van der Waals surface area (Å²) in [6, 6.07) is 4.53. The summed E-state index contributed by atoms with van der Waals surface area (Å²) in [6.45, 7) is 0.376. The van der Waals surface area contributed by atoms with E-state index in [0.717, 1.165) is 6.42 Å². The molecule has 3 rings (SSSR count). The van der Waals surface area contributed by atoms with Gasteiger partial charge in [-0.25, -0.2) is 8.42 Å². The minimum absolute atomic E-state index is 0.0217. The summed E-state index contributed by atoms with van der Waals surface area (Å²) in [4.78, 5) is 14.3. The summed E-state index contributed by atoms with van der Waals surface area (Å²) in [5.41, 5.74) is 5.48. The summed E-state index contributed by atoms with van der Waals surface area (Å²) in [7, 11) is -3.78. The van der Waals surface area contributed by atoms with E-state index in [0.29, 0.717) is 13.0 Å². The highest BCUT2D eigenvalue weighted by molar-refractivity contribution is 7.89. The first-order valence-electron chi connectivity index (χ1n) is 6.50. The van der Waals surface area contributed by atoms with Crippen molar-refractivity contribution in [1.29, 1.82) is 0 Å². The van der Waals surface area contributed by atoms with Gasteiger partial charge in [-0.05, 0) is 25.0 Å². The highest BCUT2D eigenvalue weighted by Crippen LogP contribution is 2.31. The molecule has 1 aromatic carbocycles. The minimum Gasteiger partial charge on any atom is -0.327 e. The zero-order valence-electron chi connectivity index (χ0n) is 11.0. The topological polar surface area (TPSA) is 96.3 Å². The molecule has 3 N–H and O–H groups in total. The van der Waals surface area contributed by atoms with Crippen molar-refractivity contribution in [2.45, 2.75) is 23.9 Å². The van der Waals surface area contributed by atoms with Crippen molar-refractivity contribution in [1.82, 2.24) is 9.29 Å². The number of benzene rings is 1. The molecule has 0 bridgehead atoms. The van der Waals surface area contributed by atoms with E-state index in [9.17, 15) is 13.2 Å². The van der Waals surface area contributed by atoms with Crippen molar-refractivity contribution in [3.8, 4) is 0 Å². The van der Waals surface area contributed by atoms with Crippen LogP contribution in [0.2, 0.25) is 5.02 Å². The number of hydrogen-bond donors (Lipinski definition) is 2. The Morgan fingerprint density at radius 2 is 2.14 bits per heavy atom. The number of nitrogens with zero attached hydrogens (tertiary/aromatic N) is 1.